The zero-order chi connectivity index (χ0) is 78.2. The van der Waals surface area contributed by atoms with Gasteiger partial charge in [0.05, 0.1) is 44.9 Å². The SMILES string of the molecule is C=C[C@@H]1C[C@]1(NC(=O)[C@@H]1C[C@@H](Oc2nccc3cc(OC)ccc23)CN1C(=O)[C@@H](NC(=O)N[C@H](C(=O)OC)C(C)C)C(C)(C)C)C(=O)NS(=O)(=O)C1CC1.C=C[C@@H]1C[C@]1(NC(=O)[C@@H]1C[C@@H](Oc2nccc3cc(OC)ccc23)CN1C(=O)[C@@H](NC(=O)ON1C(=O)CCC1=O)C(C)(C)C)C(=O)NS(=O)(=O)C1CC1. The molecule has 7 N–H and O–H groups in total. The minimum atomic E-state index is -3.94. The van der Waals surface area contributed by atoms with Gasteiger partial charge in [-0.1, -0.05) is 67.5 Å². The monoisotopic (exact) mass is 1520 g/mol. The second-order valence-electron chi connectivity index (χ2n) is 30.3. The molecule has 2 aromatic carbocycles. The van der Waals surface area contributed by atoms with Crippen molar-refractivity contribution in [1.82, 2.24) is 60.9 Å². The summed E-state index contributed by atoms with van der Waals surface area (Å²) in [6, 6.07) is 7.41. The van der Waals surface area contributed by atoms with Crippen LogP contribution in [0.5, 0.6) is 23.3 Å². The first kappa shape index (κ1) is 79.4. The minimum absolute atomic E-state index is 0.0244. The Labute approximate surface area is 619 Å². The second-order valence-corrected chi connectivity index (χ2v) is 34.2. The minimum Gasteiger partial charge on any atom is -0.497 e. The molecule has 4 aromatic rings. The number of hydrogen-bond donors (Lipinski definition) is 7. The number of rotatable bonds is 26. The fraction of sp³-hybridized carbons (Fsp3) is 0.542. The molecular formula is C72H92N12O21S2. The van der Waals surface area contributed by atoms with Crippen molar-refractivity contribution in [3.8, 4) is 23.3 Å². The summed E-state index contributed by atoms with van der Waals surface area (Å²) in [5.74, 6) is -6.38. The van der Waals surface area contributed by atoms with E-state index in [2.05, 4.69) is 59.2 Å². The van der Waals surface area contributed by atoms with Crippen LogP contribution in [0.1, 0.15) is 120 Å². The number of carbonyl (C=O) groups excluding carboxylic acids is 11. The third-order valence-corrected chi connectivity index (χ3v) is 23.6. The first-order valence-electron chi connectivity index (χ1n) is 35.1. The fourth-order valence-corrected chi connectivity index (χ4v) is 16.0. The molecule has 578 valence electrons. The topological polar surface area (TPSA) is 431 Å². The number of imide groups is 1. The number of sulfonamides is 2. The van der Waals surface area contributed by atoms with Crippen LogP contribution in [0.25, 0.3) is 21.5 Å². The molecule has 35 heteroatoms. The maximum Gasteiger partial charge on any atom is 0.432 e. The van der Waals surface area contributed by atoms with Crippen molar-refractivity contribution in [2.24, 2.45) is 28.6 Å². The van der Waals surface area contributed by atoms with E-state index in [-0.39, 0.29) is 69.3 Å². The Morgan fingerprint density at radius 1 is 0.598 bits per heavy atom. The first-order chi connectivity index (χ1) is 50.3. The predicted octanol–water partition coefficient (Wildman–Crippen LogP) is 3.64. The number of carbonyl (C=O) groups is 11. The largest absolute Gasteiger partial charge is 0.497 e. The lowest BCUT2D eigenvalue weighted by Crippen LogP contribution is -2.61. The summed E-state index contributed by atoms with van der Waals surface area (Å²) in [6.45, 7) is 20.9. The number of pyridine rings is 2. The van der Waals surface area contributed by atoms with Crippen LogP contribution in [0.3, 0.4) is 0 Å². The van der Waals surface area contributed by atoms with E-state index in [4.69, 9.17) is 28.5 Å². The van der Waals surface area contributed by atoms with E-state index in [1.165, 1.54) is 29.1 Å². The molecule has 11 atom stereocenters. The highest BCUT2D eigenvalue weighted by atomic mass is 32.2. The van der Waals surface area contributed by atoms with Gasteiger partial charge in [-0.2, -0.15) is 0 Å². The van der Waals surface area contributed by atoms with Crippen LogP contribution < -0.4 is 55.0 Å². The van der Waals surface area contributed by atoms with Crippen LogP contribution in [0.4, 0.5) is 9.59 Å². The van der Waals surface area contributed by atoms with Gasteiger partial charge in [0, 0.05) is 60.7 Å². The number of benzene rings is 2. The van der Waals surface area contributed by atoms with E-state index in [1.54, 1.807) is 124 Å². The van der Waals surface area contributed by atoms with Crippen LogP contribution >= 0.6 is 0 Å². The van der Waals surface area contributed by atoms with Crippen molar-refractivity contribution in [3.05, 3.63) is 86.2 Å². The molecule has 7 fully saturated rings. The number of aromatic nitrogens is 2. The maximum absolute atomic E-state index is 14.6. The van der Waals surface area contributed by atoms with Crippen molar-refractivity contribution in [1.29, 1.82) is 0 Å². The van der Waals surface area contributed by atoms with Gasteiger partial charge in [0.1, 0.15) is 65.0 Å². The van der Waals surface area contributed by atoms with Crippen LogP contribution in [0, 0.1) is 28.6 Å². The number of hydroxylamine groups is 2. The lowest BCUT2D eigenvalue weighted by Gasteiger charge is -2.36. The van der Waals surface area contributed by atoms with Gasteiger partial charge in [0.2, 0.25) is 55.4 Å². The molecule has 33 nitrogen and oxygen atoms in total. The maximum atomic E-state index is 14.6. The summed E-state index contributed by atoms with van der Waals surface area (Å²) in [6.07, 6.45) is 4.81. The number of urea groups is 1. The number of nitrogens with one attached hydrogen (secondary N) is 7. The smallest absolute Gasteiger partial charge is 0.432 e. The summed E-state index contributed by atoms with van der Waals surface area (Å²) in [7, 11) is -3.57. The molecule has 11 rings (SSSR count). The van der Waals surface area contributed by atoms with Crippen LogP contribution in [-0.4, -0.2) is 205 Å². The van der Waals surface area contributed by atoms with E-state index in [9.17, 15) is 69.6 Å². The van der Waals surface area contributed by atoms with E-state index in [0.717, 1.165) is 10.8 Å². The Balaban J connectivity index is 0.000000229. The summed E-state index contributed by atoms with van der Waals surface area (Å²) < 4.78 is 83.2. The average molecular weight is 1530 g/mol. The number of methoxy groups -OCH3 is 3. The van der Waals surface area contributed by atoms with E-state index in [0.29, 0.717) is 53.0 Å². The third kappa shape index (κ3) is 17.6. The summed E-state index contributed by atoms with van der Waals surface area (Å²) in [5, 5.41) is 15.1. The summed E-state index contributed by atoms with van der Waals surface area (Å²) in [5.41, 5.74) is -5.10. The number of likely N-dealkylation sites (tertiary alicyclic amines) is 2. The molecule has 7 aliphatic rings. The van der Waals surface area contributed by atoms with Crippen molar-refractivity contribution in [2.45, 2.75) is 184 Å². The zero-order valence-corrected chi connectivity index (χ0v) is 63.0. The Morgan fingerprint density at radius 3 is 1.36 bits per heavy atom. The van der Waals surface area contributed by atoms with Crippen LogP contribution in [-0.2, 0) is 72.8 Å². The Kier molecular flexibility index (Phi) is 23.0. The highest BCUT2D eigenvalue weighted by Gasteiger charge is 2.64. The van der Waals surface area contributed by atoms with Gasteiger partial charge < -0.3 is 64.9 Å². The van der Waals surface area contributed by atoms with Crippen molar-refractivity contribution in [3.63, 3.8) is 0 Å². The van der Waals surface area contributed by atoms with Crippen LogP contribution in [0.2, 0.25) is 0 Å². The van der Waals surface area contributed by atoms with Crippen LogP contribution in [0.15, 0.2) is 86.2 Å². The molecule has 0 unspecified atom stereocenters. The molecule has 2 aromatic heterocycles. The number of nitrogens with zero attached hydrogens (tertiary/aromatic N) is 5. The molecule has 3 aliphatic heterocycles. The van der Waals surface area contributed by atoms with E-state index >= 15 is 0 Å². The number of amides is 11. The fourth-order valence-electron chi connectivity index (χ4n) is 13.3. The number of hydrogen-bond acceptors (Lipinski definition) is 23. The zero-order valence-electron chi connectivity index (χ0n) is 61.4. The lowest BCUT2D eigenvalue weighted by atomic mass is 9.85. The molecule has 0 radical (unpaired) electrons. The van der Waals surface area contributed by atoms with Crippen molar-refractivity contribution in [2.75, 3.05) is 34.4 Å². The quantitative estimate of drug-likeness (QED) is 0.0268. The molecule has 4 saturated carbocycles. The molecular weight excluding hydrogens is 1430 g/mol. The molecule has 5 heterocycles. The summed E-state index contributed by atoms with van der Waals surface area (Å²) in [4.78, 5) is 164. The number of ether oxygens (including phenoxy) is 5. The van der Waals surface area contributed by atoms with Crippen molar-refractivity contribution >= 4 is 107 Å². The van der Waals surface area contributed by atoms with Gasteiger partial charge in [0.25, 0.3) is 23.6 Å². The van der Waals surface area contributed by atoms with Gasteiger partial charge in [0.15, 0.2) is 0 Å². The third-order valence-electron chi connectivity index (χ3n) is 20.0. The Hall–Kier alpha value is -10.2. The van der Waals surface area contributed by atoms with Gasteiger partial charge in [-0.3, -0.25) is 47.8 Å². The predicted molar refractivity (Wildman–Crippen MR) is 384 cm³/mol. The Bertz CT molecular complexity index is 4460. The average Bonchev–Trinajstić information content (AvgIpc) is 1.58. The van der Waals surface area contributed by atoms with Gasteiger partial charge in [-0.05, 0) is 115 Å². The standard InChI is InChI=1S/C37H50N6O10S.C35H42N6O11S/c1-9-22-18-37(22,34(47)42-54(49,50)25-11-12-25)41-30(44)27-17-24(53-31-26-13-10-23(51-7)16-21(26)14-15-38-31)19-43(27)32(45)29(36(4,5)6)40-35(48)39-28(20(2)3)33(46)52-8;1-6-20-17-35(20,32(46)39-53(48,49)23-8-9-23)38-29(44)25-16-22(51-30-24-10-7-21(50-5)15-19(24)13-14-36-30)18-40(25)31(45)28(34(2,3)4)37-33(47)52-41-26(42)11-12-27(41)43/h9-10,13-16,20,22,24-25,27-29H,1,11-12,17-19H2,2-8H3,(H,41,44)(H,42,47)(H2,39,40,48);6-7,10,13-15,20,22-23,25,28H,1,8-9,11-12,16-18H2,2-5H3,(H,37,47)(H,38,44)(H,39,46)/t22-,24-,27+,28+,29-,37-;20-,22-,25+,28-,35-/m11/s1. The molecule has 0 spiro atoms. The molecule has 4 aliphatic carbocycles. The second kappa shape index (κ2) is 31.0. The number of fused-ring (bicyclic) bond motifs is 2. The normalized spacial score (nSPS) is 24.1. The summed E-state index contributed by atoms with van der Waals surface area (Å²) >= 11 is 0. The molecule has 11 amide bonds. The van der Waals surface area contributed by atoms with Gasteiger partial charge in [-0.15, -0.1) is 18.2 Å². The molecule has 107 heavy (non-hydrogen) atoms. The highest BCUT2D eigenvalue weighted by molar-refractivity contribution is 7.91. The highest BCUT2D eigenvalue weighted by Crippen LogP contribution is 2.47. The lowest BCUT2D eigenvalue weighted by molar-refractivity contribution is -0.172. The van der Waals surface area contributed by atoms with Gasteiger partial charge >= 0.3 is 18.1 Å². The van der Waals surface area contributed by atoms with Crippen molar-refractivity contribution < 1.29 is 98.1 Å². The van der Waals surface area contributed by atoms with Gasteiger partial charge in [-0.25, -0.2) is 41.2 Å². The molecule has 0 bridgehead atoms. The number of esters is 1. The first-order valence-corrected chi connectivity index (χ1v) is 38.2. The van der Waals surface area contributed by atoms with E-state index in [1.807, 2.05) is 6.07 Å². The Morgan fingerprint density at radius 2 is 1.01 bits per heavy atom. The molecule has 3 saturated heterocycles. The van der Waals surface area contributed by atoms with E-state index < -0.39 is 172 Å².